The summed E-state index contributed by atoms with van der Waals surface area (Å²) in [6.07, 6.45) is 0.743. The maximum Gasteiger partial charge on any atom is 0.337 e. The molecule has 5 nitrogen and oxygen atoms in total. The van der Waals surface area contributed by atoms with Gasteiger partial charge in [0.05, 0.1) is 16.8 Å². The maximum atomic E-state index is 11.6. The molecule has 0 aliphatic carbocycles. The highest BCUT2D eigenvalue weighted by atomic mass is 35.5. The van der Waals surface area contributed by atoms with Crippen LogP contribution in [0.3, 0.4) is 0 Å². The Hall–Kier alpha value is -2.53. The van der Waals surface area contributed by atoms with Crippen LogP contribution in [0, 0.1) is 0 Å². The lowest BCUT2D eigenvalue weighted by Gasteiger charge is -2.27. The van der Waals surface area contributed by atoms with Gasteiger partial charge < -0.3 is 15.1 Å². The molecule has 1 aliphatic rings. The number of aromatic carboxylic acids is 2. The minimum atomic E-state index is -1.07. The molecule has 0 amide bonds. The molecule has 2 N–H and O–H groups in total. The number of halogens is 1. The molecular formula is C19H18ClNO4. The van der Waals surface area contributed by atoms with Gasteiger partial charge in [-0.1, -0.05) is 24.6 Å². The van der Waals surface area contributed by atoms with E-state index in [1.165, 1.54) is 23.8 Å². The summed E-state index contributed by atoms with van der Waals surface area (Å²) in [5.41, 5.74) is 2.98. The van der Waals surface area contributed by atoms with Crippen LogP contribution in [0.1, 0.15) is 44.7 Å². The number of fused-ring (bicyclic) bond motifs is 1. The Morgan fingerprint density at radius 3 is 2.56 bits per heavy atom. The SMILES string of the molecule is CC1CN(c2cc(C(=O)O)ccc2C(=O)O)CCc2ccc(Cl)cc21. The Labute approximate surface area is 150 Å². The van der Waals surface area contributed by atoms with E-state index in [0.717, 1.165) is 12.0 Å². The van der Waals surface area contributed by atoms with Crippen molar-refractivity contribution in [3.8, 4) is 0 Å². The van der Waals surface area contributed by atoms with Gasteiger partial charge >= 0.3 is 11.9 Å². The summed E-state index contributed by atoms with van der Waals surface area (Å²) in [7, 11) is 0. The second-order valence-electron chi connectivity index (χ2n) is 6.28. The molecular weight excluding hydrogens is 342 g/mol. The zero-order chi connectivity index (χ0) is 18.1. The van der Waals surface area contributed by atoms with Crippen molar-refractivity contribution in [1.82, 2.24) is 0 Å². The molecule has 130 valence electrons. The van der Waals surface area contributed by atoms with Crippen LogP contribution in [-0.4, -0.2) is 35.2 Å². The zero-order valence-electron chi connectivity index (χ0n) is 13.7. The average Bonchev–Trinajstić information content (AvgIpc) is 2.73. The number of benzene rings is 2. The molecule has 3 rings (SSSR count). The van der Waals surface area contributed by atoms with Gasteiger partial charge in [-0.15, -0.1) is 0 Å². The molecule has 6 heteroatoms. The van der Waals surface area contributed by atoms with Gasteiger partial charge in [-0.05, 0) is 53.8 Å². The molecule has 0 saturated heterocycles. The molecule has 0 saturated carbocycles. The molecule has 0 spiro atoms. The zero-order valence-corrected chi connectivity index (χ0v) is 14.5. The van der Waals surface area contributed by atoms with E-state index in [9.17, 15) is 19.8 Å². The highest BCUT2D eigenvalue weighted by Gasteiger charge is 2.24. The van der Waals surface area contributed by atoms with Crippen LogP contribution in [0.5, 0.6) is 0 Å². The number of carbonyl (C=O) groups is 2. The van der Waals surface area contributed by atoms with Gasteiger partial charge in [0.1, 0.15) is 0 Å². The number of hydrogen-bond donors (Lipinski definition) is 2. The van der Waals surface area contributed by atoms with E-state index in [0.29, 0.717) is 23.8 Å². The highest BCUT2D eigenvalue weighted by molar-refractivity contribution is 6.30. The number of nitrogens with zero attached hydrogens (tertiary/aromatic N) is 1. The summed E-state index contributed by atoms with van der Waals surface area (Å²) in [6, 6.07) is 9.95. The van der Waals surface area contributed by atoms with E-state index in [-0.39, 0.29) is 17.0 Å². The minimum Gasteiger partial charge on any atom is -0.478 e. The summed E-state index contributed by atoms with van der Waals surface area (Å²) < 4.78 is 0. The number of carboxylic acid groups (broad SMARTS) is 2. The fraction of sp³-hybridized carbons (Fsp3) is 0.263. The first-order chi connectivity index (χ1) is 11.9. The number of carboxylic acids is 2. The van der Waals surface area contributed by atoms with Crippen molar-refractivity contribution < 1.29 is 19.8 Å². The molecule has 1 atom stereocenters. The monoisotopic (exact) mass is 359 g/mol. The van der Waals surface area contributed by atoms with Crippen molar-refractivity contribution in [2.75, 3.05) is 18.0 Å². The normalized spacial score (nSPS) is 16.9. The fourth-order valence-corrected chi connectivity index (χ4v) is 3.53. The van der Waals surface area contributed by atoms with Crippen LogP contribution in [0.4, 0.5) is 5.69 Å². The van der Waals surface area contributed by atoms with Crippen LogP contribution in [-0.2, 0) is 6.42 Å². The minimum absolute atomic E-state index is 0.0810. The van der Waals surface area contributed by atoms with Crippen LogP contribution >= 0.6 is 11.6 Å². The Bertz CT molecular complexity index is 849. The van der Waals surface area contributed by atoms with Crippen LogP contribution in [0.2, 0.25) is 5.02 Å². The lowest BCUT2D eigenvalue weighted by molar-refractivity contribution is 0.0681. The van der Waals surface area contributed by atoms with Gasteiger partial charge in [0.25, 0.3) is 0 Å². The lowest BCUT2D eigenvalue weighted by Crippen LogP contribution is -2.29. The van der Waals surface area contributed by atoms with E-state index < -0.39 is 11.9 Å². The van der Waals surface area contributed by atoms with E-state index in [2.05, 4.69) is 6.92 Å². The summed E-state index contributed by atoms with van der Waals surface area (Å²) in [5.74, 6) is -1.99. The average molecular weight is 360 g/mol. The fourth-order valence-electron chi connectivity index (χ4n) is 3.35. The first kappa shape index (κ1) is 17.3. The molecule has 0 aromatic heterocycles. The van der Waals surface area contributed by atoms with Crippen molar-refractivity contribution in [2.45, 2.75) is 19.3 Å². The maximum absolute atomic E-state index is 11.6. The van der Waals surface area contributed by atoms with Crippen molar-refractivity contribution >= 4 is 29.2 Å². The molecule has 2 aromatic carbocycles. The molecule has 1 unspecified atom stereocenters. The van der Waals surface area contributed by atoms with Gasteiger partial charge in [0, 0.05) is 18.1 Å². The van der Waals surface area contributed by atoms with E-state index in [1.807, 2.05) is 23.1 Å². The van der Waals surface area contributed by atoms with Crippen LogP contribution < -0.4 is 4.90 Å². The Balaban J connectivity index is 2.01. The lowest BCUT2D eigenvalue weighted by atomic mass is 9.95. The molecule has 1 aliphatic heterocycles. The van der Waals surface area contributed by atoms with E-state index >= 15 is 0 Å². The van der Waals surface area contributed by atoms with Gasteiger partial charge in [-0.25, -0.2) is 9.59 Å². The van der Waals surface area contributed by atoms with Gasteiger partial charge in [-0.2, -0.15) is 0 Å². The van der Waals surface area contributed by atoms with Crippen molar-refractivity contribution in [3.05, 3.63) is 63.7 Å². The summed E-state index contributed by atoms with van der Waals surface area (Å²) in [5, 5.41) is 19.4. The number of rotatable bonds is 3. The van der Waals surface area contributed by atoms with Crippen molar-refractivity contribution in [1.29, 1.82) is 0 Å². The predicted octanol–water partition coefficient (Wildman–Crippen LogP) is 3.90. The predicted molar refractivity (Wildman–Crippen MR) is 96.1 cm³/mol. The standard InChI is InChI=1S/C19H18ClNO4/c1-11-10-21(7-6-12-2-4-14(20)9-16(11)12)17-8-13(18(22)23)3-5-15(17)19(24)25/h2-5,8-9,11H,6-7,10H2,1H3,(H,22,23)(H,24,25). The second kappa shape index (κ2) is 6.76. The van der Waals surface area contributed by atoms with Gasteiger partial charge in [0.15, 0.2) is 0 Å². The largest absolute Gasteiger partial charge is 0.478 e. The first-order valence-electron chi connectivity index (χ1n) is 8.00. The first-order valence-corrected chi connectivity index (χ1v) is 8.38. The second-order valence-corrected chi connectivity index (χ2v) is 6.72. The third-order valence-electron chi connectivity index (χ3n) is 4.60. The molecule has 0 fully saturated rings. The third kappa shape index (κ3) is 3.46. The highest BCUT2D eigenvalue weighted by Crippen LogP contribution is 2.32. The van der Waals surface area contributed by atoms with Gasteiger partial charge in [-0.3, -0.25) is 0 Å². The molecule has 2 aromatic rings. The van der Waals surface area contributed by atoms with Gasteiger partial charge in [0.2, 0.25) is 0 Å². The summed E-state index contributed by atoms with van der Waals surface area (Å²) in [6.45, 7) is 3.27. The third-order valence-corrected chi connectivity index (χ3v) is 4.84. The summed E-state index contributed by atoms with van der Waals surface area (Å²) >= 11 is 6.11. The molecule has 25 heavy (non-hydrogen) atoms. The number of hydrogen-bond acceptors (Lipinski definition) is 3. The Morgan fingerprint density at radius 2 is 1.88 bits per heavy atom. The number of anilines is 1. The van der Waals surface area contributed by atoms with Crippen LogP contribution in [0.15, 0.2) is 36.4 Å². The quantitative estimate of drug-likeness (QED) is 0.868. The molecule has 0 bridgehead atoms. The Morgan fingerprint density at radius 1 is 1.12 bits per heavy atom. The van der Waals surface area contributed by atoms with Crippen molar-refractivity contribution in [2.24, 2.45) is 0 Å². The van der Waals surface area contributed by atoms with Crippen LogP contribution in [0.25, 0.3) is 0 Å². The summed E-state index contributed by atoms with van der Waals surface area (Å²) in [4.78, 5) is 24.8. The molecule has 1 heterocycles. The van der Waals surface area contributed by atoms with E-state index in [4.69, 9.17) is 11.6 Å². The smallest absolute Gasteiger partial charge is 0.337 e. The Kier molecular flexibility index (Phi) is 4.68. The topological polar surface area (TPSA) is 77.8 Å². The van der Waals surface area contributed by atoms with E-state index in [1.54, 1.807) is 0 Å². The van der Waals surface area contributed by atoms with Crippen molar-refractivity contribution in [3.63, 3.8) is 0 Å². The molecule has 0 radical (unpaired) electrons.